The molecular formula is C22H29N3O3. The van der Waals surface area contributed by atoms with E-state index >= 15 is 0 Å². The van der Waals surface area contributed by atoms with E-state index in [1.165, 1.54) is 0 Å². The minimum Gasteiger partial charge on any atom is -0.495 e. The zero-order valence-electron chi connectivity index (χ0n) is 17.1. The van der Waals surface area contributed by atoms with Crippen LogP contribution in [0.5, 0.6) is 11.5 Å². The number of nitrogens with one attached hydrogen (secondary N) is 1. The molecule has 0 saturated carbocycles. The third kappa shape index (κ3) is 4.39. The van der Waals surface area contributed by atoms with Crippen molar-refractivity contribution in [2.75, 3.05) is 50.6 Å². The fourth-order valence-corrected chi connectivity index (χ4v) is 3.56. The quantitative estimate of drug-likeness (QED) is 0.830. The van der Waals surface area contributed by atoms with Crippen molar-refractivity contribution < 1.29 is 14.3 Å². The van der Waals surface area contributed by atoms with Gasteiger partial charge in [0.15, 0.2) is 0 Å². The predicted molar refractivity (Wildman–Crippen MR) is 113 cm³/mol. The summed E-state index contributed by atoms with van der Waals surface area (Å²) in [6, 6.07) is 13.6. The van der Waals surface area contributed by atoms with E-state index in [2.05, 4.69) is 21.2 Å². The summed E-state index contributed by atoms with van der Waals surface area (Å²) in [6.07, 6.45) is 0. The first-order valence-corrected chi connectivity index (χ1v) is 9.61. The van der Waals surface area contributed by atoms with Gasteiger partial charge in [-0.2, -0.15) is 0 Å². The molecule has 0 spiro atoms. The molecule has 1 N–H and O–H groups in total. The predicted octanol–water partition coefficient (Wildman–Crippen LogP) is 3.16. The first-order valence-electron chi connectivity index (χ1n) is 9.61. The van der Waals surface area contributed by atoms with Gasteiger partial charge in [-0.3, -0.25) is 9.69 Å². The van der Waals surface area contributed by atoms with E-state index in [-0.39, 0.29) is 11.9 Å². The number of anilines is 2. The van der Waals surface area contributed by atoms with Crippen LogP contribution in [0.4, 0.5) is 11.4 Å². The van der Waals surface area contributed by atoms with Crippen molar-refractivity contribution in [3.8, 4) is 11.5 Å². The summed E-state index contributed by atoms with van der Waals surface area (Å²) in [5, 5.41) is 3.02. The zero-order chi connectivity index (χ0) is 20.1. The van der Waals surface area contributed by atoms with Crippen molar-refractivity contribution in [2.45, 2.75) is 19.9 Å². The van der Waals surface area contributed by atoms with Gasteiger partial charge in [-0.1, -0.05) is 18.2 Å². The molecular weight excluding hydrogens is 354 g/mol. The fraction of sp³-hybridized carbons (Fsp3) is 0.409. The van der Waals surface area contributed by atoms with Gasteiger partial charge in [0.2, 0.25) is 5.91 Å². The molecule has 1 heterocycles. The largest absolute Gasteiger partial charge is 0.495 e. The average molecular weight is 383 g/mol. The maximum Gasteiger partial charge on any atom is 0.241 e. The molecule has 150 valence electrons. The number of carbonyl (C=O) groups excluding carboxylic acids is 1. The Morgan fingerprint density at radius 1 is 1.00 bits per heavy atom. The number of carbonyl (C=O) groups is 1. The lowest BCUT2D eigenvalue weighted by atomic mass is 10.1. The molecule has 6 heteroatoms. The summed E-state index contributed by atoms with van der Waals surface area (Å²) in [5.41, 5.74) is 2.90. The molecule has 0 aliphatic carbocycles. The molecule has 0 bridgehead atoms. The number of rotatable bonds is 6. The summed E-state index contributed by atoms with van der Waals surface area (Å²) in [6.45, 7) is 7.29. The van der Waals surface area contributed by atoms with Crippen molar-refractivity contribution in [1.82, 2.24) is 4.90 Å². The lowest BCUT2D eigenvalue weighted by Crippen LogP contribution is -2.52. The highest BCUT2D eigenvalue weighted by Gasteiger charge is 2.27. The van der Waals surface area contributed by atoms with E-state index in [1.807, 2.05) is 50.2 Å². The lowest BCUT2D eigenvalue weighted by molar-refractivity contribution is -0.120. The van der Waals surface area contributed by atoms with Crippen LogP contribution >= 0.6 is 0 Å². The Balaban J connectivity index is 1.61. The van der Waals surface area contributed by atoms with Crippen LogP contribution in [-0.4, -0.2) is 57.2 Å². The Morgan fingerprint density at radius 3 is 2.36 bits per heavy atom. The van der Waals surface area contributed by atoms with E-state index in [1.54, 1.807) is 14.2 Å². The number of nitrogens with zero attached hydrogens (tertiary/aromatic N) is 2. The summed E-state index contributed by atoms with van der Waals surface area (Å²) in [7, 11) is 3.31. The molecule has 1 saturated heterocycles. The molecule has 1 aliphatic heterocycles. The van der Waals surface area contributed by atoms with Gasteiger partial charge in [-0.05, 0) is 43.7 Å². The van der Waals surface area contributed by atoms with E-state index in [9.17, 15) is 4.79 Å². The summed E-state index contributed by atoms with van der Waals surface area (Å²) < 4.78 is 10.8. The standard InChI is InChI=1S/C22H29N3O3/c1-16-9-10-20(27-3)18(15-16)23-22(26)17(2)24-11-13-25(14-12-24)19-7-5-6-8-21(19)28-4/h5-10,15,17H,11-14H2,1-4H3,(H,23,26)/t17-/m0/s1. The topological polar surface area (TPSA) is 54.0 Å². The van der Waals surface area contributed by atoms with E-state index in [0.717, 1.165) is 43.2 Å². The van der Waals surface area contributed by atoms with Crippen LogP contribution in [0.25, 0.3) is 0 Å². The minimum absolute atomic E-state index is 0.0189. The van der Waals surface area contributed by atoms with Gasteiger partial charge in [0.05, 0.1) is 31.6 Å². The molecule has 3 rings (SSSR count). The van der Waals surface area contributed by atoms with Crippen molar-refractivity contribution in [3.63, 3.8) is 0 Å². The highest BCUT2D eigenvalue weighted by Crippen LogP contribution is 2.29. The molecule has 1 aliphatic rings. The number of aryl methyl sites for hydroxylation is 1. The fourth-order valence-electron chi connectivity index (χ4n) is 3.56. The van der Waals surface area contributed by atoms with Crippen LogP contribution in [0.1, 0.15) is 12.5 Å². The molecule has 0 aromatic heterocycles. The van der Waals surface area contributed by atoms with Crippen LogP contribution in [-0.2, 0) is 4.79 Å². The molecule has 2 aromatic carbocycles. The van der Waals surface area contributed by atoms with Crippen LogP contribution in [0.3, 0.4) is 0 Å². The smallest absolute Gasteiger partial charge is 0.241 e. The Hall–Kier alpha value is -2.73. The number of benzene rings is 2. The van der Waals surface area contributed by atoms with Gasteiger partial charge in [-0.15, -0.1) is 0 Å². The molecule has 1 fully saturated rings. The van der Waals surface area contributed by atoms with Crippen LogP contribution in [0.2, 0.25) is 0 Å². The third-order valence-electron chi connectivity index (χ3n) is 5.28. The number of methoxy groups -OCH3 is 2. The SMILES string of the molecule is COc1ccc(C)cc1NC(=O)[C@H](C)N1CCN(c2ccccc2OC)CC1. The van der Waals surface area contributed by atoms with Crippen molar-refractivity contribution in [2.24, 2.45) is 0 Å². The van der Waals surface area contributed by atoms with E-state index in [0.29, 0.717) is 11.4 Å². The summed E-state index contributed by atoms with van der Waals surface area (Å²) in [5.74, 6) is 1.54. The number of hydrogen-bond acceptors (Lipinski definition) is 5. The first kappa shape index (κ1) is 20.0. The first-order chi connectivity index (χ1) is 13.5. The Labute approximate surface area is 167 Å². The molecule has 2 aromatic rings. The number of para-hydroxylation sites is 2. The number of ether oxygens (including phenoxy) is 2. The summed E-state index contributed by atoms with van der Waals surface area (Å²) in [4.78, 5) is 17.3. The Morgan fingerprint density at radius 2 is 1.68 bits per heavy atom. The molecule has 0 radical (unpaired) electrons. The number of amides is 1. The number of hydrogen-bond donors (Lipinski definition) is 1. The van der Waals surface area contributed by atoms with Gasteiger partial charge in [0.1, 0.15) is 11.5 Å². The molecule has 28 heavy (non-hydrogen) atoms. The Bertz CT molecular complexity index is 816. The highest BCUT2D eigenvalue weighted by atomic mass is 16.5. The van der Waals surface area contributed by atoms with Crippen molar-refractivity contribution in [1.29, 1.82) is 0 Å². The van der Waals surface area contributed by atoms with Gasteiger partial charge >= 0.3 is 0 Å². The average Bonchev–Trinajstić information content (AvgIpc) is 2.73. The lowest BCUT2D eigenvalue weighted by Gasteiger charge is -2.38. The van der Waals surface area contributed by atoms with Gasteiger partial charge in [-0.25, -0.2) is 0 Å². The maximum absolute atomic E-state index is 12.8. The molecule has 1 amide bonds. The van der Waals surface area contributed by atoms with E-state index in [4.69, 9.17) is 9.47 Å². The highest BCUT2D eigenvalue weighted by molar-refractivity contribution is 5.96. The summed E-state index contributed by atoms with van der Waals surface area (Å²) >= 11 is 0. The Kier molecular flexibility index (Phi) is 6.41. The monoisotopic (exact) mass is 383 g/mol. The zero-order valence-corrected chi connectivity index (χ0v) is 17.1. The third-order valence-corrected chi connectivity index (χ3v) is 5.28. The second-order valence-corrected chi connectivity index (χ2v) is 7.06. The maximum atomic E-state index is 12.8. The second kappa shape index (κ2) is 8.97. The second-order valence-electron chi connectivity index (χ2n) is 7.06. The van der Waals surface area contributed by atoms with Gasteiger partial charge < -0.3 is 19.7 Å². The van der Waals surface area contributed by atoms with Crippen LogP contribution in [0.15, 0.2) is 42.5 Å². The number of piperazine rings is 1. The molecule has 0 unspecified atom stereocenters. The minimum atomic E-state index is -0.218. The molecule has 1 atom stereocenters. The van der Waals surface area contributed by atoms with Crippen molar-refractivity contribution in [3.05, 3.63) is 48.0 Å². The molecule has 6 nitrogen and oxygen atoms in total. The van der Waals surface area contributed by atoms with Crippen molar-refractivity contribution >= 4 is 17.3 Å². The van der Waals surface area contributed by atoms with Gasteiger partial charge in [0, 0.05) is 26.2 Å². The van der Waals surface area contributed by atoms with Crippen LogP contribution in [0, 0.1) is 6.92 Å². The normalized spacial score (nSPS) is 15.8. The van der Waals surface area contributed by atoms with Gasteiger partial charge in [0.25, 0.3) is 0 Å². The van der Waals surface area contributed by atoms with E-state index < -0.39 is 0 Å². The van der Waals surface area contributed by atoms with Crippen LogP contribution < -0.4 is 19.7 Å².